The normalized spacial score (nSPS) is 9.57. The third-order valence-corrected chi connectivity index (χ3v) is 1.78. The summed E-state index contributed by atoms with van der Waals surface area (Å²) in [6, 6.07) is 6.15. The quantitative estimate of drug-likeness (QED) is 0.763. The first-order valence-corrected chi connectivity index (χ1v) is 4.42. The Morgan fingerprint density at radius 3 is 2.93 bits per heavy atom. The van der Waals surface area contributed by atoms with E-state index in [1.165, 1.54) is 12.1 Å². The van der Waals surface area contributed by atoms with Gasteiger partial charge in [-0.2, -0.15) is 0 Å². The third-order valence-electron chi connectivity index (χ3n) is 1.78. The molecule has 76 valence electrons. The number of anilines is 1. The fourth-order valence-electron chi connectivity index (χ4n) is 1.04. The second-order valence-electron chi connectivity index (χ2n) is 2.86. The third kappa shape index (κ3) is 3.43. The minimum Gasteiger partial charge on any atom is -0.384 e. The summed E-state index contributed by atoms with van der Waals surface area (Å²) in [6.45, 7) is 0.503. The van der Waals surface area contributed by atoms with Gasteiger partial charge in [0.2, 0.25) is 5.91 Å². The molecule has 0 heterocycles. The van der Waals surface area contributed by atoms with E-state index in [1.807, 2.05) is 0 Å². The molecule has 4 heteroatoms. The number of hydrogen-bond acceptors (Lipinski definition) is 2. The van der Waals surface area contributed by atoms with Crippen LogP contribution in [0, 0.1) is 5.82 Å². The molecular weight excluding hydrogens is 183 g/mol. The predicted molar refractivity (Wildman–Crippen MR) is 53.6 cm³/mol. The molecule has 1 rings (SSSR count). The highest BCUT2D eigenvalue weighted by Gasteiger charge is 1.97. The molecule has 0 aliphatic carbocycles. The second-order valence-corrected chi connectivity index (χ2v) is 2.86. The van der Waals surface area contributed by atoms with Crippen LogP contribution in [0.15, 0.2) is 24.3 Å². The van der Waals surface area contributed by atoms with Crippen molar-refractivity contribution in [3.8, 4) is 0 Å². The Morgan fingerprint density at radius 1 is 1.50 bits per heavy atom. The molecule has 1 aromatic carbocycles. The van der Waals surface area contributed by atoms with E-state index in [4.69, 9.17) is 0 Å². The molecule has 1 amide bonds. The fraction of sp³-hybridized carbons (Fsp3) is 0.300. The van der Waals surface area contributed by atoms with Gasteiger partial charge in [-0.1, -0.05) is 6.07 Å². The predicted octanol–water partition coefficient (Wildman–Crippen LogP) is 1.37. The average Bonchev–Trinajstić information content (AvgIpc) is 2.17. The minimum atomic E-state index is -0.282. The summed E-state index contributed by atoms with van der Waals surface area (Å²) < 4.78 is 12.7. The zero-order valence-electron chi connectivity index (χ0n) is 8.01. The molecule has 0 saturated carbocycles. The lowest BCUT2D eigenvalue weighted by Gasteiger charge is -2.05. The summed E-state index contributed by atoms with van der Waals surface area (Å²) >= 11 is 0. The van der Waals surface area contributed by atoms with Crippen LogP contribution in [0.25, 0.3) is 0 Å². The summed E-state index contributed by atoms with van der Waals surface area (Å²) in [6.07, 6.45) is 0.382. The van der Waals surface area contributed by atoms with E-state index in [2.05, 4.69) is 10.6 Å². The SMILES string of the molecule is CNC(=O)CCNc1cccc(F)c1. The van der Waals surface area contributed by atoms with Crippen molar-refractivity contribution in [2.75, 3.05) is 18.9 Å². The van der Waals surface area contributed by atoms with Crippen molar-refractivity contribution in [1.29, 1.82) is 0 Å². The molecule has 3 nitrogen and oxygen atoms in total. The Labute approximate surface area is 82.3 Å². The summed E-state index contributed by atoms with van der Waals surface area (Å²) in [7, 11) is 1.59. The molecule has 0 spiro atoms. The molecule has 0 aliphatic heterocycles. The van der Waals surface area contributed by atoms with Crippen LogP contribution in [0.4, 0.5) is 10.1 Å². The Hall–Kier alpha value is -1.58. The van der Waals surface area contributed by atoms with Crippen molar-refractivity contribution in [3.05, 3.63) is 30.1 Å². The highest BCUT2D eigenvalue weighted by molar-refractivity contribution is 5.76. The number of carbonyl (C=O) groups is 1. The number of hydrogen-bond donors (Lipinski definition) is 2. The summed E-state index contributed by atoms with van der Waals surface area (Å²) in [4.78, 5) is 10.8. The van der Waals surface area contributed by atoms with Crippen LogP contribution >= 0.6 is 0 Å². The molecule has 0 unspecified atom stereocenters. The monoisotopic (exact) mass is 196 g/mol. The lowest BCUT2D eigenvalue weighted by atomic mass is 10.3. The first-order valence-electron chi connectivity index (χ1n) is 4.42. The van der Waals surface area contributed by atoms with Crippen LogP contribution in [-0.4, -0.2) is 19.5 Å². The van der Waals surface area contributed by atoms with Gasteiger partial charge in [0.05, 0.1) is 0 Å². The van der Waals surface area contributed by atoms with Gasteiger partial charge < -0.3 is 10.6 Å². The summed E-state index contributed by atoms with van der Waals surface area (Å²) in [5.74, 6) is -0.316. The van der Waals surface area contributed by atoms with E-state index in [-0.39, 0.29) is 11.7 Å². The zero-order valence-corrected chi connectivity index (χ0v) is 8.01. The van der Waals surface area contributed by atoms with Crippen molar-refractivity contribution in [2.24, 2.45) is 0 Å². The van der Waals surface area contributed by atoms with Gasteiger partial charge in [-0.25, -0.2) is 4.39 Å². The van der Waals surface area contributed by atoms with Crippen LogP contribution in [0.5, 0.6) is 0 Å². The summed E-state index contributed by atoms with van der Waals surface area (Å²) in [5, 5.41) is 5.46. The van der Waals surface area contributed by atoms with E-state index in [0.717, 1.165) is 0 Å². The average molecular weight is 196 g/mol. The number of nitrogens with one attached hydrogen (secondary N) is 2. The van der Waals surface area contributed by atoms with Crippen LogP contribution in [0.1, 0.15) is 6.42 Å². The van der Waals surface area contributed by atoms with Crippen LogP contribution in [-0.2, 0) is 4.79 Å². The molecular formula is C10H13FN2O. The Bertz CT molecular complexity index is 315. The smallest absolute Gasteiger partial charge is 0.221 e. The van der Waals surface area contributed by atoms with Gasteiger partial charge in [-0.15, -0.1) is 0 Å². The molecule has 0 aliphatic rings. The maximum atomic E-state index is 12.7. The van der Waals surface area contributed by atoms with Gasteiger partial charge in [-0.3, -0.25) is 4.79 Å². The van der Waals surface area contributed by atoms with Gasteiger partial charge in [0.1, 0.15) is 5.82 Å². The molecule has 1 aromatic rings. The van der Waals surface area contributed by atoms with Gasteiger partial charge in [-0.05, 0) is 18.2 Å². The molecule has 2 N–H and O–H groups in total. The summed E-state index contributed by atoms with van der Waals surface area (Å²) in [5.41, 5.74) is 0.689. The first-order chi connectivity index (χ1) is 6.72. The minimum absolute atomic E-state index is 0.0334. The number of rotatable bonds is 4. The Balaban J connectivity index is 2.35. The lowest BCUT2D eigenvalue weighted by molar-refractivity contribution is -0.120. The van der Waals surface area contributed by atoms with Gasteiger partial charge in [0.15, 0.2) is 0 Å². The second kappa shape index (κ2) is 5.21. The van der Waals surface area contributed by atoms with E-state index in [9.17, 15) is 9.18 Å². The molecule has 0 radical (unpaired) electrons. The fourth-order valence-corrected chi connectivity index (χ4v) is 1.04. The highest BCUT2D eigenvalue weighted by Crippen LogP contribution is 2.08. The first kappa shape index (κ1) is 10.5. The molecule has 0 fully saturated rings. The maximum absolute atomic E-state index is 12.7. The Kier molecular flexibility index (Phi) is 3.91. The molecule has 14 heavy (non-hydrogen) atoms. The molecule has 0 saturated heterocycles. The molecule has 0 atom stereocenters. The van der Waals surface area contributed by atoms with Gasteiger partial charge in [0.25, 0.3) is 0 Å². The van der Waals surface area contributed by atoms with E-state index >= 15 is 0 Å². The van der Waals surface area contributed by atoms with E-state index < -0.39 is 0 Å². The van der Waals surface area contributed by atoms with Crippen molar-refractivity contribution >= 4 is 11.6 Å². The van der Waals surface area contributed by atoms with Crippen molar-refractivity contribution < 1.29 is 9.18 Å². The van der Waals surface area contributed by atoms with Crippen molar-refractivity contribution in [3.63, 3.8) is 0 Å². The lowest BCUT2D eigenvalue weighted by Crippen LogP contribution is -2.20. The standard InChI is InChI=1S/C10H13FN2O/c1-12-10(14)5-6-13-9-4-2-3-8(11)7-9/h2-4,7,13H,5-6H2,1H3,(H,12,14). The maximum Gasteiger partial charge on any atom is 0.221 e. The zero-order chi connectivity index (χ0) is 10.4. The molecule has 0 aromatic heterocycles. The van der Waals surface area contributed by atoms with E-state index in [0.29, 0.717) is 18.7 Å². The van der Waals surface area contributed by atoms with Crippen molar-refractivity contribution in [1.82, 2.24) is 5.32 Å². The van der Waals surface area contributed by atoms with Crippen LogP contribution < -0.4 is 10.6 Å². The van der Waals surface area contributed by atoms with E-state index in [1.54, 1.807) is 19.2 Å². The van der Waals surface area contributed by atoms with Gasteiger partial charge in [0, 0.05) is 25.7 Å². The largest absolute Gasteiger partial charge is 0.384 e. The number of carbonyl (C=O) groups excluding carboxylic acids is 1. The van der Waals surface area contributed by atoms with Crippen LogP contribution in [0.3, 0.4) is 0 Å². The van der Waals surface area contributed by atoms with Gasteiger partial charge >= 0.3 is 0 Å². The Morgan fingerprint density at radius 2 is 2.29 bits per heavy atom. The molecule has 0 bridgehead atoms. The topological polar surface area (TPSA) is 41.1 Å². The highest BCUT2D eigenvalue weighted by atomic mass is 19.1. The van der Waals surface area contributed by atoms with Crippen LogP contribution in [0.2, 0.25) is 0 Å². The number of amides is 1. The number of halogens is 1. The number of benzene rings is 1. The van der Waals surface area contributed by atoms with Crippen molar-refractivity contribution in [2.45, 2.75) is 6.42 Å².